The molecule has 4 nitrogen and oxygen atoms in total. The molecule has 2 atom stereocenters. The molecule has 0 aliphatic heterocycles. The highest BCUT2D eigenvalue weighted by Gasteiger charge is 2.46. The van der Waals surface area contributed by atoms with Crippen molar-refractivity contribution in [1.82, 2.24) is 5.32 Å². The largest absolute Gasteiger partial charge is 0.388 e. The Labute approximate surface area is 124 Å². The van der Waals surface area contributed by atoms with Gasteiger partial charge in [-0.15, -0.1) is 12.4 Å². The fraction of sp³-hybridized carbons (Fsp3) is 0.500. The van der Waals surface area contributed by atoms with Crippen LogP contribution in [0.5, 0.6) is 0 Å². The van der Waals surface area contributed by atoms with E-state index in [0.29, 0.717) is 24.8 Å². The van der Waals surface area contributed by atoms with E-state index in [1.165, 1.54) is 12.1 Å². The lowest BCUT2D eigenvalue weighted by molar-refractivity contribution is -0.124. The highest BCUT2D eigenvalue weighted by molar-refractivity contribution is 5.89. The van der Waals surface area contributed by atoms with Crippen molar-refractivity contribution in [2.75, 3.05) is 0 Å². The van der Waals surface area contributed by atoms with Gasteiger partial charge in [0.25, 0.3) is 0 Å². The Morgan fingerprint density at radius 3 is 2.50 bits per heavy atom. The molecule has 1 aromatic carbocycles. The van der Waals surface area contributed by atoms with Crippen molar-refractivity contribution in [2.45, 2.75) is 43.9 Å². The van der Waals surface area contributed by atoms with Crippen molar-refractivity contribution in [3.63, 3.8) is 0 Å². The lowest BCUT2D eigenvalue weighted by Gasteiger charge is -2.20. The third kappa shape index (κ3) is 4.16. The van der Waals surface area contributed by atoms with Crippen LogP contribution in [-0.4, -0.2) is 22.6 Å². The summed E-state index contributed by atoms with van der Waals surface area (Å²) >= 11 is 0. The average Bonchev–Trinajstić information content (AvgIpc) is 3.09. The van der Waals surface area contributed by atoms with Crippen LogP contribution in [0, 0.1) is 5.82 Å². The monoisotopic (exact) mass is 302 g/mol. The van der Waals surface area contributed by atoms with Crippen LogP contribution in [0.1, 0.15) is 37.9 Å². The maximum atomic E-state index is 12.8. The second kappa shape index (κ2) is 6.52. The van der Waals surface area contributed by atoms with Gasteiger partial charge in [0.05, 0.1) is 11.6 Å². The van der Waals surface area contributed by atoms with Crippen LogP contribution in [0.3, 0.4) is 0 Å². The van der Waals surface area contributed by atoms with E-state index in [2.05, 4.69) is 5.32 Å². The van der Waals surface area contributed by atoms with Gasteiger partial charge >= 0.3 is 0 Å². The summed E-state index contributed by atoms with van der Waals surface area (Å²) in [5, 5.41) is 12.8. The molecule has 1 aliphatic carbocycles. The first-order valence-corrected chi connectivity index (χ1v) is 6.44. The summed E-state index contributed by atoms with van der Waals surface area (Å²) in [6.07, 6.45) is 1.06. The SMILES string of the molecule is CC(CC(O)c1ccc(F)cc1)NC(=O)C1(N)CC1.Cl. The number of carbonyl (C=O) groups is 1. The standard InChI is InChI=1S/C14H19FN2O2.ClH/c1-9(17-13(19)14(16)6-7-14)8-12(18)10-2-4-11(15)5-3-10;/h2-5,9,12,18H,6-8,16H2,1H3,(H,17,19);1H. The molecule has 0 aromatic heterocycles. The molecular weight excluding hydrogens is 283 g/mol. The topological polar surface area (TPSA) is 75.3 Å². The highest BCUT2D eigenvalue weighted by Crippen LogP contribution is 2.32. The second-order valence-electron chi connectivity index (χ2n) is 5.33. The number of amides is 1. The molecule has 1 aliphatic rings. The van der Waals surface area contributed by atoms with E-state index in [1.807, 2.05) is 6.92 Å². The van der Waals surface area contributed by atoms with E-state index in [9.17, 15) is 14.3 Å². The van der Waals surface area contributed by atoms with Crippen LogP contribution in [0.25, 0.3) is 0 Å². The molecule has 2 rings (SSSR count). The molecule has 20 heavy (non-hydrogen) atoms. The molecule has 4 N–H and O–H groups in total. The van der Waals surface area contributed by atoms with Gasteiger partial charge < -0.3 is 16.2 Å². The Kier molecular flexibility index (Phi) is 5.50. The van der Waals surface area contributed by atoms with Crippen molar-refractivity contribution < 1.29 is 14.3 Å². The summed E-state index contributed by atoms with van der Waals surface area (Å²) in [7, 11) is 0. The van der Waals surface area contributed by atoms with Gasteiger partial charge in [-0.2, -0.15) is 0 Å². The first-order chi connectivity index (χ1) is 8.90. The molecule has 0 saturated heterocycles. The maximum Gasteiger partial charge on any atom is 0.240 e. The number of halogens is 2. The zero-order valence-corrected chi connectivity index (χ0v) is 12.1. The molecule has 0 spiro atoms. The smallest absolute Gasteiger partial charge is 0.240 e. The summed E-state index contributed by atoms with van der Waals surface area (Å²) in [4.78, 5) is 11.7. The second-order valence-corrected chi connectivity index (χ2v) is 5.33. The molecule has 1 aromatic rings. The number of aliphatic hydroxyl groups excluding tert-OH is 1. The van der Waals surface area contributed by atoms with Crippen LogP contribution < -0.4 is 11.1 Å². The molecule has 1 fully saturated rings. The van der Waals surface area contributed by atoms with Crippen molar-refractivity contribution in [2.24, 2.45) is 5.73 Å². The number of nitrogens with one attached hydrogen (secondary N) is 1. The van der Waals surface area contributed by atoms with Gasteiger partial charge in [0.1, 0.15) is 5.82 Å². The van der Waals surface area contributed by atoms with Crippen molar-refractivity contribution in [1.29, 1.82) is 0 Å². The van der Waals surface area contributed by atoms with Crippen molar-refractivity contribution in [3.05, 3.63) is 35.6 Å². The maximum absolute atomic E-state index is 12.8. The van der Waals surface area contributed by atoms with Crippen LogP contribution in [-0.2, 0) is 4.79 Å². The van der Waals surface area contributed by atoms with Gasteiger partial charge in [-0.3, -0.25) is 4.79 Å². The molecule has 1 amide bonds. The molecule has 2 unspecified atom stereocenters. The predicted molar refractivity (Wildman–Crippen MR) is 77.0 cm³/mol. The van der Waals surface area contributed by atoms with E-state index in [1.54, 1.807) is 12.1 Å². The number of carbonyl (C=O) groups excluding carboxylic acids is 1. The Balaban J connectivity index is 0.00000200. The fourth-order valence-corrected chi connectivity index (χ4v) is 1.94. The van der Waals surface area contributed by atoms with Crippen molar-refractivity contribution >= 4 is 18.3 Å². The predicted octanol–water partition coefficient (Wildman–Crippen LogP) is 1.67. The van der Waals surface area contributed by atoms with E-state index < -0.39 is 11.6 Å². The lowest BCUT2D eigenvalue weighted by Crippen LogP contribution is -2.46. The highest BCUT2D eigenvalue weighted by atomic mass is 35.5. The Hall–Kier alpha value is -1.17. The minimum Gasteiger partial charge on any atom is -0.388 e. The van der Waals surface area contributed by atoms with Gasteiger partial charge in [-0.05, 0) is 43.9 Å². The van der Waals surface area contributed by atoms with E-state index >= 15 is 0 Å². The molecule has 0 bridgehead atoms. The summed E-state index contributed by atoms with van der Waals surface area (Å²) in [6.45, 7) is 1.82. The summed E-state index contributed by atoms with van der Waals surface area (Å²) in [6, 6.07) is 5.51. The van der Waals surface area contributed by atoms with E-state index in [0.717, 1.165) is 0 Å². The number of rotatable bonds is 5. The molecule has 1 saturated carbocycles. The van der Waals surface area contributed by atoms with E-state index in [-0.39, 0.29) is 30.2 Å². The quantitative estimate of drug-likeness (QED) is 0.774. The van der Waals surface area contributed by atoms with Crippen LogP contribution in [0.15, 0.2) is 24.3 Å². The third-order valence-electron chi connectivity index (χ3n) is 3.45. The number of benzene rings is 1. The Morgan fingerprint density at radius 1 is 1.45 bits per heavy atom. The Morgan fingerprint density at radius 2 is 2.00 bits per heavy atom. The zero-order valence-electron chi connectivity index (χ0n) is 11.3. The third-order valence-corrected chi connectivity index (χ3v) is 3.45. The number of hydrogen-bond acceptors (Lipinski definition) is 3. The van der Waals surface area contributed by atoms with Crippen LogP contribution in [0.2, 0.25) is 0 Å². The molecule has 0 heterocycles. The van der Waals surface area contributed by atoms with Gasteiger partial charge in [0.2, 0.25) is 5.91 Å². The van der Waals surface area contributed by atoms with Gasteiger partial charge in [0, 0.05) is 6.04 Å². The van der Waals surface area contributed by atoms with Gasteiger partial charge in [-0.1, -0.05) is 12.1 Å². The number of aliphatic hydroxyl groups is 1. The number of hydrogen-bond donors (Lipinski definition) is 3. The molecule has 0 radical (unpaired) electrons. The van der Waals surface area contributed by atoms with Gasteiger partial charge in [-0.25, -0.2) is 4.39 Å². The van der Waals surface area contributed by atoms with Crippen LogP contribution >= 0.6 is 12.4 Å². The molecular formula is C14H20ClFN2O2. The minimum atomic E-state index is -0.733. The number of nitrogens with two attached hydrogens (primary N) is 1. The lowest BCUT2D eigenvalue weighted by atomic mass is 10.0. The van der Waals surface area contributed by atoms with Crippen molar-refractivity contribution in [3.8, 4) is 0 Å². The fourth-order valence-electron chi connectivity index (χ4n) is 1.94. The summed E-state index contributed by atoms with van der Waals surface area (Å²) < 4.78 is 12.8. The molecule has 112 valence electrons. The normalized spacial score (nSPS) is 18.6. The summed E-state index contributed by atoms with van der Waals surface area (Å²) in [5.41, 5.74) is 5.72. The molecule has 6 heteroatoms. The zero-order chi connectivity index (χ0) is 14.0. The first kappa shape index (κ1) is 16.9. The van der Waals surface area contributed by atoms with E-state index in [4.69, 9.17) is 5.73 Å². The summed E-state index contributed by atoms with van der Waals surface area (Å²) in [5.74, 6) is -0.498. The van der Waals surface area contributed by atoms with Crippen LogP contribution in [0.4, 0.5) is 4.39 Å². The minimum absolute atomic E-state index is 0. The Bertz CT molecular complexity index is 463. The first-order valence-electron chi connectivity index (χ1n) is 6.44. The van der Waals surface area contributed by atoms with Gasteiger partial charge in [0.15, 0.2) is 0 Å². The average molecular weight is 303 g/mol.